The largest absolute Gasteiger partial charge is 0.380 e. The van der Waals surface area contributed by atoms with E-state index in [1.165, 1.54) is 0 Å². The minimum atomic E-state index is 0. The fraction of sp³-hybridized carbons (Fsp3) is 0.750. The number of hydrogen-bond acceptors (Lipinski definition) is 2. The third-order valence-corrected chi connectivity index (χ3v) is 1.85. The Balaban J connectivity index is 0. The number of nitrogens with one attached hydrogen (secondary N) is 2. The minimum Gasteiger partial charge on any atom is -0.380 e. The van der Waals surface area contributed by atoms with Crippen LogP contribution in [0.5, 0.6) is 0 Å². The fourth-order valence-electron chi connectivity index (χ4n) is 1.05. The van der Waals surface area contributed by atoms with Gasteiger partial charge in [0.05, 0.1) is 19.7 Å². The Morgan fingerprint density at radius 2 is 2.06 bits per heavy atom. The Bertz CT molecular complexity index is 226. The van der Waals surface area contributed by atoms with Gasteiger partial charge in [-0.15, -0.1) is 30.4 Å². The molecule has 100 valence electrons. The summed E-state index contributed by atoms with van der Waals surface area (Å²) in [6.07, 6.45) is 7.44. The molecule has 0 bridgehead atoms. The molecule has 0 aromatic carbocycles. The lowest BCUT2D eigenvalue weighted by atomic mass is 10.4. The maximum absolute atomic E-state index is 5.40. The van der Waals surface area contributed by atoms with E-state index in [-0.39, 0.29) is 24.0 Å². The van der Waals surface area contributed by atoms with Crippen molar-refractivity contribution in [1.82, 2.24) is 10.6 Å². The molecule has 0 rings (SSSR count). The Labute approximate surface area is 122 Å². The van der Waals surface area contributed by atoms with Crippen LogP contribution < -0.4 is 10.6 Å². The first-order valence-corrected chi connectivity index (χ1v) is 5.88. The average molecular weight is 353 g/mol. The maximum Gasteiger partial charge on any atom is 0.192 e. The minimum absolute atomic E-state index is 0. The molecule has 0 atom stereocenters. The van der Waals surface area contributed by atoms with Crippen LogP contribution in [-0.4, -0.2) is 38.8 Å². The maximum atomic E-state index is 5.40. The monoisotopic (exact) mass is 353 g/mol. The van der Waals surface area contributed by atoms with Crippen LogP contribution in [0.1, 0.15) is 26.7 Å². The number of guanidine groups is 1. The summed E-state index contributed by atoms with van der Waals surface area (Å²) in [7, 11) is 0. The number of terminal acetylenes is 1. The van der Waals surface area contributed by atoms with Crippen molar-refractivity contribution in [2.45, 2.75) is 26.7 Å². The highest BCUT2D eigenvalue weighted by Crippen LogP contribution is 1.87. The average Bonchev–Trinajstić information content (AvgIpc) is 2.30. The first-order valence-electron chi connectivity index (χ1n) is 5.88. The molecule has 0 heterocycles. The Kier molecular flexibility index (Phi) is 17.2. The molecule has 0 amide bonds. The predicted molar refractivity (Wildman–Crippen MR) is 84.0 cm³/mol. The number of rotatable bonds is 8. The van der Waals surface area contributed by atoms with Gasteiger partial charge in [-0.1, -0.05) is 19.3 Å². The molecule has 0 saturated heterocycles. The second-order valence-electron chi connectivity index (χ2n) is 3.28. The van der Waals surface area contributed by atoms with Gasteiger partial charge in [0, 0.05) is 13.2 Å². The highest BCUT2D eigenvalue weighted by Gasteiger charge is 1.93. The van der Waals surface area contributed by atoms with E-state index in [0.29, 0.717) is 19.7 Å². The zero-order chi connectivity index (χ0) is 12.1. The third-order valence-electron chi connectivity index (χ3n) is 1.85. The molecular weight excluding hydrogens is 329 g/mol. The quantitative estimate of drug-likeness (QED) is 0.229. The number of unbranched alkanes of at least 4 members (excludes halogenated alkanes) is 1. The standard InChI is InChI=1S/C12H23N3O.HI/c1-4-7-10-16-11-9-15-12(13-6-3)14-8-5-2;/h2H,4,6-11H2,1,3H3,(H2,13,14,15);1H. The van der Waals surface area contributed by atoms with Crippen molar-refractivity contribution < 1.29 is 4.74 Å². The lowest BCUT2D eigenvalue weighted by molar-refractivity contribution is 0.139. The lowest BCUT2D eigenvalue weighted by Gasteiger charge is -2.08. The second kappa shape index (κ2) is 15.5. The number of aliphatic imine (C=N–C) groups is 1. The molecule has 0 aliphatic rings. The molecule has 0 aromatic rings. The Hall–Kier alpha value is -0.480. The Morgan fingerprint density at radius 1 is 1.29 bits per heavy atom. The van der Waals surface area contributed by atoms with Crippen LogP contribution in [0, 0.1) is 12.3 Å². The van der Waals surface area contributed by atoms with Crippen molar-refractivity contribution >= 4 is 29.9 Å². The summed E-state index contributed by atoms with van der Waals surface area (Å²) >= 11 is 0. The predicted octanol–water partition coefficient (Wildman–Crippen LogP) is 1.61. The van der Waals surface area contributed by atoms with Gasteiger partial charge in [-0.3, -0.25) is 4.99 Å². The van der Waals surface area contributed by atoms with Crippen LogP contribution in [0.2, 0.25) is 0 Å². The Morgan fingerprint density at radius 3 is 2.65 bits per heavy atom. The molecule has 5 heteroatoms. The van der Waals surface area contributed by atoms with Crippen molar-refractivity contribution in [3.05, 3.63) is 0 Å². The zero-order valence-electron chi connectivity index (χ0n) is 10.8. The van der Waals surface area contributed by atoms with Crippen LogP contribution in [0.3, 0.4) is 0 Å². The molecule has 4 nitrogen and oxygen atoms in total. The zero-order valence-corrected chi connectivity index (χ0v) is 13.1. The van der Waals surface area contributed by atoms with Crippen molar-refractivity contribution in [3.8, 4) is 12.3 Å². The molecule has 0 aliphatic carbocycles. The fourth-order valence-corrected chi connectivity index (χ4v) is 1.05. The van der Waals surface area contributed by atoms with Crippen molar-refractivity contribution in [2.24, 2.45) is 4.99 Å². The van der Waals surface area contributed by atoms with Crippen LogP contribution in [-0.2, 0) is 4.74 Å². The molecule has 17 heavy (non-hydrogen) atoms. The van der Waals surface area contributed by atoms with E-state index in [1.54, 1.807) is 0 Å². The van der Waals surface area contributed by atoms with Crippen molar-refractivity contribution in [1.29, 1.82) is 0 Å². The summed E-state index contributed by atoms with van der Waals surface area (Å²) in [5.74, 6) is 3.26. The third kappa shape index (κ3) is 13.5. The van der Waals surface area contributed by atoms with Gasteiger partial charge in [-0.05, 0) is 13.3 Å². The van der Waals surface area contributed by atoms with Crippen LogP contribution in [0.4, 0.5) is 0 Å². The molecule has 0 saturated carbocycles. The summed E-state index contributed by atoms with van der Waals surface area (Å²) < 4.78 is 5.40. The highest BCUT2D eigenvalue weighted by atomic mass is 127. The smallest absolute Gasteiger partial charge is 0.192 e. The van der Waals surface area contributed by atoms with Gasteiger partial charge in [0.2, 0.25) is 0 Å². The molecule has 0 aliphatic heterocycles. The first kappa shape index (κ1) is 18.9. The van der Waals surface area contributed by atoms with Gasteiger partial charge in [0.25, 0.3) is 0 Å². The van der Waals surface area contributed by atoms with Crippen molar-refractivity contribution in [3.63, 3.8) is 0 Å². The molecule has 0 aromatic heterocycles. The van der Waals surface area contributed by atoms with E-state index >= 15 is 0 Å². The van der Waals surface area contributed by atoms with E-state index in [4.69, 9.17) is 11.2 Å². The molecule has 0 spiro atoms. The summed E-state index contributed by atoms with van der Waals surface area (Å²) in [5, 5.41) is 6.13. The highest BCUT2D eigenvalue weighted by molar-refractivity contribution is 14.0. The van der Waals surface area contributed by atoms with Gasteiger partial charge < -0.3 is 15.4 Å². The molecule has 0 unspecified atom stereocenters. The van der Waals surface area contributed by atoms with Gasteiger partial charge in [0.15, 0.2) is 5.96 Å². The number of nitrogens with zero attached hydrogens (tertiary/aromatic N) is 1. The summed E-state index contributed by atoms with van der Waals surface area (Å²) in [5.41, 5.74) is 0. The van der Waals surface area contributed by atoms with E-state index in [2.05, 4.69) is 28.5 Å². The van der Waals surface area contributed by atoms with E-state index < -0.39 is 0 Å². The van der Waals surface area contributed by atoms with Crippen LogP contribution in [0.15, 0.2) is 4.99 Å². The number of hydrogen-bond donors (Lipinski definition) is 2. The summed E-state index contributed by atoms with van der Waals surface area (Å²) in [6, 6.07) is 0. The van der Waals surface area contributed by atoms with Gasteiger partial charge >= 0.3 is 0 Å². The molecule has 2 N–H and O–H groups in total. The number of ether oxygens (including phenoxy) is 1. The summed E-state index contributed by atoms with van der Waals surface area (Å²) in [4.78, 5) is 4.32. The lowest BCUT2D eigenvalue weighted by Crippen LogP contribution is -2.37. The van der Waals surface area contributed by atoms with Gasteiger partial charge in [0.1, 0.15) is 0 Å². The van der Waals surface area contributed by atoms with E-state index in [0.717, 1.165) is 32.0 Å². The van der Waals surface area contributed by atoms with E-state index in [9.17, 15) is 0 Å². The molecule has 0 fully saturated rings. The normalized spacial score (nSPS) is 10.3. The van der Waals surface area contributed by atoms with Gasteiger partial charge in [-0.2, -0.15) is 0 Å². The van der Waals surface area contributed by atoms with Crippen molar-refractivity contribution in [2.75, 3.05) is 32.8 Å². The SMILES string of the molecule is C#CCNC(=NCCOCCCC)NCC.I. The van der Waals surface area contributed by atoms with Crippen LogP contribution in [0.25, 0.3) is 0 Å². The molecule has 0 radical (unpaired) electrons. The first-order chi connectivity index (χ1) is 7.85. The number of halogens is 1. The topological polar surface area (TPSA) is 45.7 Å². The summed E-state index contributed by atoms with van der Waals surface area (Å²) in [6.45, 7) is 7.62. The molecular formula is C12H24IN3O. The second-order valence-corrected chi connectivity index (χ2v) is 3.28. The van der Waals surface area contributed by atoms with Gasteiger partial charge in [-0.25, -0.2) is 0 Å². The van der Waals surface area contributed by atoms with Crippen LogP contribution >= 0.6 is 24.0 Å². The van der Waals surface area contributed by atoms with E-state index in [1.807, 2.05) is 6.92 Å².